The van der Waals surface area contributed by atoms with Crippen molar-refractivity contribution in [2.45, 2.75) is 6.92 Å². The van der Waals surface area contributed by atoms with Crippen molar-refractivity contribution < 1.29 is 24.5 Å². The number of rotatable bonds is 4. The fraction of sp³-hybridized carbons (Fsp3) is 0.100. The minimum absolute atomic E-state index is 0.00999. The molecule has 0 radical (unpaired) electrons. The van der Waals surface area contributed by atoms with Gasteiger partial charge in [0.25, 0.3) is 0 Å². The molecule has 0 aliphatic heterocycles. The summed E-state index contributed by atoms with van der Waals surface area (Å²) in [4.78, 5) is 33.1. The predicted octanol–water partition coefficient (Wildman–Crippen LogP) is 2.74. The Balaban J connectivity index is 2.09. The minimum atomic E-state index is -1.30. The van der Waals surface area contributed by atoms with E-state index in [2.05, 4.69) is 9.97 Å². The van der Waals surface area contributed by atoms with E-state index in [1.54, 1.807) is 31.2 Å². The second kappa shape index (κ2) is 6.79. The summed E-state index contributed by atoms with van der Waals surface area (Å²) in [5, 5.41) is 19.1. The molecule has 0 fully saturated rings. The standard InChI is InChI=1S/C20H16N4O5/c1-2-29-20(28)15-16-18(23-13-6-4-3-5-12(13)22-16)24(17(15)21)10-7-8-14(25)11(9-10)19(26)27/h3-9,25H,2,21H2,1H3,(H,26,27). The zero-order valence-electron chi connectivity index (χ0n) is 15.3. The van der Waals surface area contributed by atoms with E-state index < -0.39 is 17.7 Å². The fourth-order valence-corrected chi connectivity index (χ4v) is 3.16. The highest BCUT2D eigenvalue weighted by Crippen LogP contribution is 2.33. The molecule has 2 aromatic heterocycles. The number of esters is 1. The van der Waals surface area contributed by atoms with Crippen LogP contribution in [-0.4, -0.2) is 43.3 Å². The van der Waals surface area contributed by atoms with Gasteiger partial charge in [-0.05, 0) is 37.3 Å². The number of para-hydroxylation sites is 2. The Bertz CT molecular complexity index is 1300. The van der Waals surface area contributed by atoms with E-state index in [4.69, 9.17) is 10.5 Å². The number of benzene rings is 2. The summed E-state index contributed by atoms with van der Waals surface area (Å²) in [6, 6.07) is 11.1. The Labute approximate surface area is 164 Å². The molecule has 9 nitrogen and oxygen atoms in total. The van der Waals surface area contributed by atoms with Gasteiger partial charge in [-0.2, -0.15) is 0 Å². The molecule has 146 valence electrons. The van der Waals surface area contributed by atoms with Gasteiger partial charge in [0.15, 0.2) is 5.65 Å². The van der Waals surface area contributed by atoms with E-state index in [-0.39, 0.29) is 34.7 Å². The van der Waals surface area contributed by atoms with Crippen LogP contribution >= 0.6 is 0 Å². The van der Waals surface area contributed by atoms with Gasteiger partial charge in [-0.25, -0.2) is 19.6 Å². The smallest absolute Gasteiger partial charge is 0.344 e. The van der Waals surface area contributed by atoms with Crippen molar-refractivity contribution in [1.29, 1.82) is 0 Å². The van der Waals surface area contributed by atoms with Crippen LogP contribution in [0.2, 0.25) is 0 Å². The molecular weight excluding hydrogens is 376 g/mol. The first-order chi connectivity index (χ1) is 13.9. The van der Waals surface area contributed by atoms with Crippen LogP contribution in [0, 0.1) is 0 Å². The van der Waals surface area contributed by atoms with Gasteiger partial charge >= 0.3 is 11.9 Å². The van der Waals surface area contributed by atoms with Crippen LogP contribution < -0.4 is 5.73 Å². The van der Waals surface area contributed by atoms with Crippen LogP contribution in [-0.2, 0) is 4.74 Å². The Morgan fingerprint density at radius 2 is 1.83 bits per heavy atom. The van der Waals surface area contributed by atoms with E-state index in [0.717, 1.165) is 0 Å². The van der Waals surface area contributed by atoms with Gasteiger partial charge in [0.2, 0.25) is 0 Å². The van der Waals surface area contributed by atoms with Gasteiger partial charge in [-0.15, -0.1) is 0 Å². The number of phenols is 1. The Hall–Kier alpha value is -4.14. The van der Waals surface area contributed by atoms with Crippen molar-refractivity contribution >= 4 is 40.0 Å². The number of ether oxygens (including phenoxy) is 1. The van der Waals surface area contributed by atoms with Crippen molar-refractivity contribution in [3.05, 3.63) is 53.6 Å². The summed E-state index contributed by atoms with van der Waals surface area (Å²) in [6.07, 6.45) is 0. The van der Waals surface area contributed by atoms with Crippen LogP contribution in [0.4, 0.5) is 5.82 Å². The van der Waals surface area contributed by atoms with Gasteiger partial charge in [-0.1, -0.05) is 12.1 Å². The molecule has 4 rings (SSSR count). The second-order valence-corrected chi connectivity index (χ2v) is 6.21. The third kappa shape index (κ3) is 2.89. The molecule has 4 aromatic rings. The van der Waals surface area contributed by atoms with Gasteiger partial charge in [0, 0.05) is 0 Å². The highest BCUT2D eigenvalue weighted by molar-refractivity contribution is 6.09. The molecule has 0 bridgehead atoms. The van der Waals surface area contributed by atoms with Crippen LogP contribution in [0.3, 0.4) is 0 Å². The second-order valence-electron chi connectivity index (χ2n) is 6.21. The molecular formula is C20H16N4O5. The van der Waals surface area contributed by atoms with E-state index >= 15 is 0 Å². The molecule has 0 saturated heterocycles. The normalized spacial score (nSPS) is 11.1. The summed E-state index contributed by atoms with van der Waals surface area (Å²) >= 11 is 0. The number of aromatic hydroxyl groups is 1. The number of aromatic carboxylic acids is 1. The summed E-state index contributed by atoms with van der Waals surface area (Å²) in [5.74, 6) is -2.34. The number of nitrogen functional groups attached to an aromatic ring is 1. The summed E-state index contributed by atoms with van der Waals surface area (Å²) in [5.41, 5.74) is 7.98. The highest BCUT2D eigenvalue weighted by atomic mass is 16.5. The summed E-state index contributed by atoms with van der Waals surface area (Å²) in [7, 11) is 0. The van der Waals surface area contributed by atoms with Crippen molar-refractivity contribution in [2.24, 2.45) is 0 Å². The summed E-state index contributed by atoms with van der Waals surface area (Å²) < 4.78 is 6.55. The molecule has 0 spiro atoms. The topological polar surface area (TPSA) is 141 Å². The lowest BCUT2D eigenvalue weighted by Gasteiger charge is -2.10. The number of carboxylic acid groups (broad SMARTS) is 1. The number of hydrogen-bond donors (Lipinski definition) is 3. The Morgan fingerprint density at radius 3 is 2.48 bits per heavy atom. The molecule has 0 amide bonds. The fourth-order valence-electron chi connectivity index (χ4n) is 3.16. The lowest BCUT2D eigenvalue weighted by Crippen LogP contribution is -2.09. The van der Waals surface area contributed by atoms with E-state index in [0.29, 0.717) is 16.7 Å². The van der Waals surface area contributed by atoms with Gasteiger partial charge in [-0.3, -0.25) is 4.57 Å². The van der Waals surface area contributed by atoms with Gasteiger partial charge < -0.3 is 20.7 Å². The predicted molar refractivity (Wildman–Crippen MR) is 105 cm³/mol. The third-order valence-corrected chi connectivity index (χ3v) is 4.45. The first-order valence-electron chi connectivity index (χ1n) is 8.72. The average Bonchev–Trinajstić information content (AvgIpc) is 2.97. The maximum Gasteiger partial charge on any atom is 0.344 e. The monoisotopic (exact) mass is 392 g/mol. The van der Waals surface area contributed by atoms with Crippen LogP contribution in [0.5, 0.6) is 5.75 Å². The molecule has 0 aliphatic carbocycles. The number of carbonyl (C=O) groups excluding carboxylic acids is 1. The number of aromatic nitrogens is 3. The van der Waals surface area contributed by atoms with Crippen molar-refractivity contribution in [1.82, 2.24) is 14.5 Å². The number of nitrogens with two attached hydrogens (primary N) is 1. The van der Waals surface area contributed by atoms with Gasteiger partial charge in [0.1, 0.15) is 28.2 Å². The zero-order chi connectivity index (χ0) is 20.7. The van der Waals surface area contributed by atoms with Gasteiger partial charge in [0.05, 0.1) is 23.3 Å². The van der Waals surface area contributed by atoms with Crippen LogP contribution in [0.15, 0.2) is 42.5 Å². The molecule has 4 N–H and O–H groups in total. The van der Waals surface area contributed by atoms with Crippen LogP contribution in [0.1, 0.15) is 27.6 Å². The molecule has 0 unspecified atom stereocenters. The first kappa shape index (κ1) is 18.2. The molecule has 0 aliphatic rings. The highest BCUT2D eigenvalue weighted by Gasteiger charge is 2.26. The maximum absolute atomic E-state index is 12.6. The number of fused-ring (bicyclic) bond motifs is 2. The van der Waals surface area contributed by atoms with Crippen molar-refractivity contribution in [2.75, 3.05) is 12.3 Å². The first-order valence-corrected chi connectivity index (χ1v) is 8.72. The minimum Gasteiger partial charge on any atom is -0.507 e. The van der Waals surface area contributed by atoms with Crippen molar-refractivity contribution in [3.63, 3.8) is 0 Å². The number of hydrogen-bond acceptors (Lipinski definition) is 7. The number of nitrogens with zero attached hydrogens (tertiary/aromatic N) is 3. The maximum atomic E-state index is 12.6. The SMILES string of the molecule is CCOC(=O)c1c(N)n(-c2ccc(O)c(C(=O)O)c2)c2nc3ccccc3nc12. The molecule has 29 heavy (non-hydrogen) atoms. The number of carboxylic acids is 1. The molecule has 0 saturated carbocycles. The number of anilines is 1. The molecule has 9 heteroatoms. The van der Waals surface area contributed by atoms with E-state index in [1.165, 1.54) is 22.8 Å². The largest absolute Gasteiger partial charge is 0.507 e. The third-order valence-electron chi connectivity index (χ3n) is 4.45. The van der Waals surface area contributed by atoms with Crippen LogP contribution in [0.25, 0.3) is 27.9 Å². The average molecular weight is 392 g/mol. The van der Waals surface area contributed by atoms with E-state index in [9.17, 15) is 19.8 Å². The quantitative estimate of drug-likeness (QED) is 0.450. The lowest BCUT2D eigenvalue weighted by atomic mass is 10.1. The Morgan fingerprint density at radius 1 is 1.14 bits per heavy atom. The van der Waals surface area contributed by atoms with E-state index in [1.807, 2.05) is 0 Å². The van der Waals surface area contributed by atoms with Crippen molar-refractivity contribution in [3.8, 4) is 11.4 Å². The lowest BCUT2D eigenvalue weighted by molar-refractivity contribution is 0.0529. The Kier molecular flexibility index (Phi) is 4.27. The molecule has 2 heterocycles. The molecule has 0 atom stereocenters. The zero-order valence-corrected chi connectivity index (χ0v) is 15.3. The molecule has 2 aromatic carbocycles. The number of carbonyl (C=O) groups is 2. The summed E-state index contributed by atoms with van der Waals surface area (Å²) in [6.45, 7) is 1.82.